The Balaban J connectivity index is 1.92. The molecule has 1 fully saturated rings. The minimum absolute atomic E-state index is 0.0615. The summed E-state index contributed by atoms with van der Waals surface area (Å²) < 4.78 is 5.22. The van der Waals surface area contributed by atoms with E-state index < -0.39 is 12.1 Å². The van der Waals surface area contributed by atoms with E-state index >= 15 is 0 Å². The number of hydrogen-bond acceptors (Lipinski definition) is 4. The average Bonchev–Trinajstić information content (AvgIpc) is 2.66. The van der Waals surface area contributed by atoms with Gasteiger partial charge in [-0.2, -0.15) is 0 Å². The fraction of sp³-hybridized carbons (Fsp3) is 0.364. The van der Waals surface area contributed by atoms with Crippen molar-refractivity contribution in [3.8, 4) is 5.75 Å². The molecular weight excluding hydrogens is 342 g/mol. The molecule has 0 aliphatic carbocycles. The van der Waals surface area contributed by atoms with Crippen molar-refractivity contribution in [2.75, 3.05) is 13.7 Å². The number of ketones is 1. The lowest BCUT2D eigenvalue weighted by molar-refractivity contribution is -0.124. The Morgan fingerprint density at radius 3 is 2.56 bits per heavy atom. The maximum Gasteiger partial charge on any atom is 0.254 e. The second-order valence-electron chi connectivity index (χ2n) is 7.16. The van der Waals surface area contributed by atoms with Crippen molar-refractivity contribution in [1.82, 2.24) is 4.90 Å². The van der Waals surface area contributed by atoms with Crippen LogP contribution in [0.15, 0.2) is 42.5 Å². The topological polar surface area (TPSA) is 66.8 Å². The van der Waals surface area contributed by atoms with Crippen LogP contribution in [-0.4, -0.2) is 41.4 Å². The van der Waals surface area contributed by atoms with Crippen LogP contribution in [0.2, 0.25) is 0 Å². The zero-order valence-electron chi connectivity index (χ0n) is 15.9. The largest absolute Gasteiger partial charge is 0.497 e. The van der Waals surface area contributed by atoms with Crippen molar-refractivity contribution in [3.05, 3.63) is 64.7 Å². The predicted molar refractivity (Wildman–Crippen MR) is 103 cm³/mol. The number of hydrogen-bond donors (Lipinski definition) is 1. The Morgan fingerprint density at radius 2 is 1.89 bits per heavy atom. The van der Waals surface area contributed by atoms with Crippen molar-refractivity contribution in [1.29, 1.82) is 0 Å². The van der Waals surface area contributed by atoms with Gasteiger partial charge >= 0.3 is 0 Å². The standard InChI is InChI=1S/C22H25NO4/c1-14-9-15(2)11-17(10-14)22(26)23-8-7-18(24)13-20(23)21(25)16-5-4-6-19(12-16)27-3/h4-6,9-12,20-21,25H,7-8,13H2,1-3H3. The van der Waals surface area contributed by atoms with Crippen LogP contribution in [-0.2, 0) is 4.79 Å². The minimum atomic E-state index is -0.959. The monoisotopic (exact) mass is 367 g/mol. The Labute approximate surface area is 159 Å². The minimum Gasteiger partial charge on any atom is -0.497 e. The van der Waals surface area contributed by atoms with E-state index in [1.165, 1.54) is 0 Å². The maximum atomic E-state index is 13.2. The SMILES string of the molecule is COc1cccc(C(O)C2CC(=O)CCN2C(=O)c2cc(C)cc(C)c2)c1. The first kappa shape index (κ1) is 19.1. The van der Waals surface area contributed by atoms with Crippen molar-refractivity contribution < 1.29 is 19.4 Å². The number of aliphatic hydroxyl groups is 1. The number of carbonyl (C=O) groups excluding carboxylic acids is 2. The van der Waals surface area contributed by atoms with Gasteiger partial charge in [-0.15, -0.1) is 0 Å². The summed E-state index contributed by atoms with van der Waals surface area (Å²) in [5, 5.41) is 11.0. The van der Waals surface area contributed by atoms with Gasteiger partial charge in [-0.25, -0.2) is 0 Å². The molecule has 1 heterocycles. The molecule has 1 aliphatic rings. The van der Waals surface area contributed by atoms with Gasteiger partial charge in [0.05, 0.1) is 19.3 Å². The number of carbonyl (C=O) groups is 2. The Bertz CT molecular complexity index is 841. The number of aliphatic hydroxyl groups excluding tert-OH is 1. The molecule has 2 aromatic carbocycles. The van der Waals surface area contributed by atoms with Crippen LogP contribution in [0.4, 0.5) is 0 Å². The summed E-state index contributed by atoms with van der Waals surface area (Å²) in [4.78, 5) is 26.9. The summed E-state index contributed by atoms with van der Waals surface area (Å²) in [6.45, 7) is 4.22. The second-order valence-corrected chi connectivity index (χ2v) is 7.16. The van der Waals surface area contributed by atoms with Crippen molar-refractivity contribution in [2.24, 2.45) is 0 Å². The molecule has 1 N–H and O–H groups in total. The van der Waals surface area contributed by atoms with Crippen LogP contribution in [0.5, 0.6) is 5.75 Å². The lowest BCUT2D eigenvalue weighted by Gasteiger charge is -2.38. The van der Waals surface area contributed by atoms with E-state index in [2.05, 4.69) is 0 Å². The zero-order chi connectivity index (χ0) is 19.6. The van der Waals surface area contributed by atoms with Gasteiger partial charge in [-0.1, -0.05) is 29.3 Å². The maximum absolute atomic E-state index is 13.2. The number of amides is 1. The molecule has 0 saturated carbocycles. The number of Topliss-reactive ketones (excluding diaryl/α,β-unsaturated/α-hetero) is 1. The summed E-state index contributed by atoms with van der Waals surface area (Å²) in [7, 11) is 1.56. The summed E-state index contributed by atoms with van der Waals surface area (Å²) in [6.07, 6.45) is -0.494. The van der Waals surface area contributed by atoms with Crippen LogP contribution in [0, 0.1) is 13.8 Å². The van der Waals surface area contributed by atoms with E-state index in [0.717, 1.165) is 11.1 Å². The number of piperidine rings is 1. The predicted octanol–water partition coefficient (Wildman–Crippen LogP) is 3.22. The molecule has 0 aromatic heterocycles. The molecule has 2 atom stereocenters. The van der Waals surface area contributed by atoms with Crippen LogP contribution < -0.4 is 4.74 Å². The van der Waals surface area contributed by atoms with Gasteiger partial charge in [-0.3, -0.25) is 9.59 Å². The Hall–Kier alpha value is -2.66. The van der Waals surface area contributed by atoms with Gasteiger partial charge in [0.2, 0.25) is 0 Å². The van der Waals surface area contributed by atoms with Crippen LogP contribution in [0.3, 0.4) is 0 Å². The molecular formula is C22H25NO4. The molecule has 27 heavy (non-hydrogen) atoms. The fourth-order valence-electron chi connectivity index (χ4n) is 3.70. The molecule has 1 saturated heterocycles. The average molecular weight is 367 g/mol. The van der Waals surface area contributed by atoms with E-state index in [1.54, 1.807) is 36.3 Å². The first-order valence-electron chi connectivity index (χ1n) is 9.12. The highest BCUT2D eigenvalue weighted by Crippen LogP contribution is 2.30. The lowest BCUT2D eigenvalue weighted by atomic mass is 9.91. The third-order valence-electron chi connectivity index (χ3n) is 5.00. The summed E-state index contributed by atoms with van der Waals surface area (Å²) in [5.41, 5.74) is 3.24. The molecule has 2 unspecified atom stereocenters. The number of methoxy groups -OCH3 is 1. The molecule has 5 heteroatoms. The molecule has 0 spiro atoms. The number of rotatable bonds is 4. The summed E-state index contributed by atoms with van der Waals surface area (Å²) in [6, 6.07) is 12.2. The van der Waals surface area contributed by atoms with E-state index in [9.17, 15) is 14.7 Å². The van der Waals surface area contributed by atoms with Crippen molar-refractivity contribution in [2.45, 2.75) is 38.8 Å². The molecule has 1 amide bonds. The van der Waals surface area contributed by atoms with Gasteiger partial charge in [0.15, 0.2) is 0 Å². The lowest BCUT2D eigenvalue weighted by Crippen LogP contribution is -2.49. The zero-order valence-corrected chi connectivity index (χ0v) is 15.9. The fourth-order valence-corrected chi connectivity index (χ4v) is 3.70. The third-order valence-corrected chi connectivity index (χ3v) is 5.00. The van der Waals surface area contributed by atoms with E-state index in [1.807, 2.05) is 32.0 Å². The first-order valence-corrected chi connectivity index (χ1v) is 9.12. The highest BCUT2D eigenvalue weighted by Gasteiger charge is 2.36. The van der Waals surface area contributed by atoms with Gasteiger partial charge in [0.25, 0.3) is 5.91 Å². The van der Waals surface area contributed by atoms with E-state index in [4.69, 9.17) is 4.74 Å². The summed E-state index contributed by atoms with van der Waals surface area (Å²) >= 11 is 0. The molecule has 1 aliphatic heterocycles. The van der Waals surface area contributed by atoms with Crippen molar-refractivity contribution >= 4 is 11.7 Å². The Morgan fingerprint density at radius 1 is 1.19 bits per heavy atom. The highest BCUT2D eigenvalue weighted by molar-refractivity contribution is 5.96. The molecule has 2 aromatic rings. The van der Waals surface area contributed by atoms with Gasteiger partial charge in [-0.05, 0) is 43.7 Å². The highest BCUT2D eigenvalue weighted by atomic mass is 16.5. The van der Waals surface area contributed by atoms with E-state index in [0.29, 0.717) is 29.8 Å². The summed E-state index contributed by atoms with van der Waals surface area (Å²) in [5.74, 6) is 0.536. The number of ether oxygens (including phenoxy) is 1. The van der Waals surface area contributed by atoms with Gasteiger partial charge in [0.1, 0.15) is 11.5 Å². The molecule has 0 radical (unpaired) electrons. The van der Waals surface area contributed by atoms with Gasteiger partial charge < -0.3 is 14.7 Å². The molecule has 0 bridgehead atoms. The molecule has 142 valence electrons. The smallest absolute Gasteiger partial charge is 0.254 e. The number of aryl methyl sites for hydroxylation is 2. The first-order chi connectivity index (χ1) is 12.9. The van der Waals surface area contributed by atoms with Crippen LogP contribution in [0.25, 0.3) is 0 Å². The normalized spacial score (nSPS) is 18.3. The third kappa shape index (κ3) is 4.19. The number of nitrogens with zero attached hydrogens (tertiary/aromatic N) is 1. The molecule has 5 nitrogen and oxygen atoms in total. The van der Waals surface area contributed by atoms with Crippen molar-refractivity contribution in [3.63, 3.8) is 0 Å². The van der Waals surface area contributed by atoms with Crippen LogP contribution in [0.1, 0.15) is 46.0 Å². The van der Waals surface area contributed by atoms with E-state index in [-0.39, 0.29) is 18.1 Å². The number of benzene rings is 2. The van der Waals surface area contributed by atoms with Crippen LogP contribution >= 0.6 is 0 Å². The quantitative estimate of drug-likeness (QED) is 0.901. The Kier molecular flexibility index (Phi) is 5.61. The second kappa shape index (κ2) is 7.92. The molecule has 3 rings (SSSR count). The number of likely N-dealkylation sites (tertiary alicyclic amines) is 1. The van der Waals surface area contributed by atoms with Gasteiger partial charge in [0, 0.05) is 24.9 Å².